The van der Waals surface area contributed by atoms with Gasteiger partial charge < -0.3 is 10.6 Å². The number of rotatable bonds is 9. The summed E-state index contributed by atoms with van der Waals surface area (Å²) in [5.41, 5.74) is 10.0. The standard InChI is InChI=1S/C49H66N2P2/c52-49(44-15-7-9-17-50-44,45-16-8-10-18-51-45)43-29-41(35-11-3-1-4-12-35)46(36-13-5-2-6-14-36)42(43)30-53(47-37-21-31-19-32(23-37)24-38(47)22-31)48-39-25-33-20-34(27-39)28-40(48)26-33/h1-6,11-14,29,31-34,37-40,43-45,47-48,50-51H,7-10,15-28,30,52H2. The molecule has 2 nitrogen and oxygen atoms in total. The van der Waals surface area contributed by atoms with Gasteiger partial charge in [0.25, 0.3) is 0 Å². The van der Waals surface area contributed by atoms with Crippen molar-refractivity contribution >= 4 is 28.3 Å². The molecule has 0 spiro atoms. The van der Waals surface area contributed by atoms with Crippen LogP contribution >= 0.6 is 17.2 Å². The van der Waals surface area contributed by atoms with Gasteiger partial charge in [0.1, 0.15) is 0 Å². The lowest BCUT2D eigenvalue weighted by Gasteiger charge is -2.62. The van der Waals surface area contributed by atoms with E-state index in [1.54, 1.807) is 75.4 Å². The Morgan fingerprint density at radius 1 is 0.566 bits per heavy atom. The minimum absolute atomic E-state index is 0.0574. The molecule has 53 heavy (non-hydrogen) atoms. The smallest absolute Gasteiger partial charge is 0.0255 e. The molecule has 2 saturated heterocycles. The molecule has 4 atom stereocenters. The largest absolute Gasteiger partial charge is 0.313 e. The molecule has 4 unspecified atom stereocenters. The van der Waals surface area contributed by atoms with E-state index in [9.17, 15) is 0 Å². The molecule has 10 fully saturated rings. The van der Waals surface area contributed by atoms with E-state index in [2.05, 4.69) is 86.6 Å². The maximum atomic E-state index is 4.22. The van der Waals surface area contributed by atoms with Gasteiger partial charge in [-0.3, -0.25) is 0 Å². The van der Waals surface area contributed by atoms with Crippen LogP contribution in [-0.2, 0) is 0 Å². The van der Waals surface area contributed by atoms with Crippen molar-refractivity contribution in [1.82, 2.24) is 10.6 Å². The Bertz CT molecular complexity index is 1570. The minimum Gasteiger partial charge on any atom is -0.313 e. The SMILES string of the molecule is PC(C1CCCCN1)(C1CCCCN1)C1C=C(c2ccccc2)C(c2ccccc2)=C1CP(C1C2CC3CC(C2)CC1C3)C1C2CC3CC(C2)CC1C3. The van der Waals surface area contributed by atoms with Gasteiger partial charge in [-0.2, -0.15) is 0 Å². The van der Waals surface area contributed by atoms with Gasteiger partial charge in [0, 0.05) is 23.2 Å². The quantitative estimate of drug-likeness (QED) is 0.250. The molecule has 13 rings (SSSR count). The maximum Gasteiger partial charge on any atom is 0.0255 e. The third-order valence-corrected chi connectivity index (χ3v) is 22.4. The van der Waals surface area contributed by atoms with Crippen molar-refractivity contribution in [2.24, 2.45) is 53.3 Å². The number of nitrogens with one attached hydrogen (secondary N) is 2. The van der Waals surface area contributed by atoms with E-state index in [0.29, 0.717) is 18.0 Å². The Labute approximate surface area is 324 Å². The first-order valence-electron chi connectivity index (χ1n) is 22.7. The average molecular weight is 745 g/mol. The highest BCUT2D eigenvalue weighted by molar-refractivity contribution is 7.59. The first kappa shape index (κ1) is 34.9. The maximum absolute atomic E-state index is 4.22. The Kier molecular flexibility index (Phi) is 9.40. The predicted molar refractivity (Wildman–Crippen MR) is 228 cm³/mol. The van der Waals surface area contributed by atoms with Gasteiger partial charge in [-0.05, 0) is 196 Å². The molecular weight excluding hydrogens is 679 g/mol. The van der Waals surface area contributed by atoms with Crippen LogP contribution in [0.1, 0.15) is 114 Å². The lowest BCUT2D eigenvalue weighted by molar-refractivity contribution is 0.0130. The number of allylic oxidation sites excluding steroid dienone is 4. The molecule has 4 heteroatoms. The van der Waals surface area contributed by atoms with Crippen LogP contribution in [0.3, 0.4) is 0 Å². The lowest BCUT2D eigenvalue weighted by atomic mass is 9.55. The highest BCUT2D eigenvalue weighted by atomic mass is 31.1. The Balaban J connectivity index is 1.10. The summed E-state index contributed by atoms with van der Waals surface area (Å²) in [6.07, 6.45) is 28.1. The fraction of sp³-hybridized carbons (Fsp3) is 0.673. The van der Waals surface area contributed by atoms with E-state index in [-0.39, 0.29) is 13.1 Å². The third-order valence-electron chi connectivity index (χ3n) is 17.3. The average Bonchev–Trinajstić information content (AvgIpc) is 3.57. The van der Waals surface area contributed by atoms with E-state index in [1.807, 2.05) is 5.57 Å². The van der Waals surface area contributed by atoms with Gasteiger partial charge in [0.05, 0.1) is 0 Å². The van der Waals surface area contributed by atoms with Gasteiger partial charge in [-0.1, -0.05) is 87.5 Å². The van der Waals surface area contributed by atoms with E-state index in [1.165, 1.54) is 68.9 Å². The first-order valence-corrected chi connectivity index (χ1v) is 24.9. The van der Waals surface area contributed by atoms with Gasteiger partial charge in [-0.25, -0.2) is 0 Å². The fourth-order valence-corrected chi connectivity index (χ4v) is 21.4. The molecule has 11 aliphatic rings. The molecule has 2 aromatic carbocycles. The van der Waals surface area contributed by atoms with Gasteiger partial charge in [0.2, 0.25) is 0 Å². The molecule has 8 saturated carbocycles. The summed E-state index contributed by atoms with van der Waals surface area (Å²) in [5.74, 6) is 8.77. The molecule has 282 valence electrons. The molecule has 8 bridgehead atoms. The van der Waals surface area contributed by atoms with Gasteiger partial charge in [0.15, 0.2) is 0 Å². The number of piperidine rings is 2. The zero-order valence-corrected chi connectivity index (χ0v) is 34.4. The van der Waals surface area contributed by atoms with Gasteiger partial charge >= 0.3 is 0 Å². The topological polar surface area (TPSA) is 24.1 Å². The summed E-state index contributed by atoms with van der Waals surface area (Å²) in [4.78, 5) is 0. The number of benzene rings is 2. The van der Waals surface area contributed by atoms with Gasteiger partial charge in [-0.15, -0.1) is 9.24 Å². The molecule has 0 amide bonds. The van der Waals surface area contributed by atoms with Crippen molar-refractivity contribution in [2.45, 2.75) is 131 Å². The second kappa shape index (κ2) is 14.3. The summed E-state index contributed by atoms with van der Waals surface area (Å²) in [6, 6.07) is 24.6. The predicted octanol–water partition coefficient (Wildman–Crippen LogP) is 11.2. The lowest BCUT2D eigenvalue weighted by Crippen LogP contribution is -2.63. The highest BCUT2D eigenvalue weighted by Gasteiger charge is 2.58. The fourth-order valence-electron chi connectivity index (χ4n) is 15.8. The highest BCUT2D eigenvalue weighted by Crippen LogP contribution is 2.72. The van der Waals surface area contributed by atoms with E-state index >= 15 is 0 Å². The zero-order valence-electron chi connectivity index (χ0n) is 32.3. The Morgan fingerprint density at radius 2 is 1.02 bits per heavy atom. The summed E-state index contributed by atoms with van der Waals surface area (Å²) in [6.45, 7) is 2.35. The summed E-state index contributed by atoms with van der Waals surface area (Å²) >= 11 is 0. The zero-order chi connectivity index (χ0) is 35.1. The minimum atomic E-state index is -0.126. The van der Waals surface area contributed by atoms with Crippen LogP contribution in [0.2, 0.25) is 0 Å². The second-order valence-corrected chi connectivity index (χ2v) is 23.7. The van der Waals surface area contributed by atoms with Crippen molar-refractivity contribution in [3.05, 3.63) is 83.4 Å². The van der Waals surface area contributed by atoms with E-state index < -0.39 is 0 Å². The molecule has 0 radical (unpaired) electrons. The van der Waals surface area contributed by atoms with Crippen molar-refractivity contribution < 1.29 is 0 Å². The second-order valence-electron chi connectivity index (χ2n) is 20.2. The molecule has 0 aromatic heterocycles. The van der Waals surface area contributed by atoms with Crippen molar-refractivity contribution in [1.29, 1.82) is 0 Å². The van der Waals surface area contributed by atoms with Crippen LogP contribution in [0, 0.1) is 53.3 Å². The third kappa shape index (κ3) is 6.07. The first-order chi connectivity index (χ1) is 26.1. The van der Waals surface area contributed by atoms with Crippen molar-refractivity contribution in [2.75, 3.05) is 19.3 Å². The van der Waals surface area contributed by atoms with Crippen LogP contribution in [-0.4, -0.2) is 47.8 Å². The summed E-state index contributed by atoms with van der Waals surface area (Å²) < 4.78 is 0. The van der Waals surface area contributed by atoms with Crippen LogP contribution in [0.25, 0.3) is 11.1 Å². The van der Waals surface area contributed by atoms with Crippen LogP contribution in [0.5, 0.6) is 0 Å². The van der Waals surface area contributed by atoms with Crippen LogP contribution < -0.4 is 10.6 Å². The molecule has 2 heterocycles. The monoisotopic (exact) mass is 744 g/mol. The Morgan fingerprint density at radius 3 is 1.45 bits per heavy atom. The van der Waals surface area contributed by atoms with Crippen LogP contribution in [0.4, 0.5) is 0 Å². The van der Waals surface area contributed by atoms with Crippen molar-refractivity contribution in [3.63, 3.8) is 0 Å². The molecular formula is C49H66N2P2. The Hall–Kier alpha value is -1.30. The number of hydrogen-bond acceptors (Lipinski definition) is 2. The molecule has 2 aliphatic heterocycles. The molecule has 2 aromatic rings. The number of hydrogen-bond donors (Lipinski definition) is 2. The molecule has 9 aliphatic carbocycles. The van der Waals surface area contributed by atoms with E-state index in [0.717, 1.165) is 58.7 Å². The summed E-state index contributed by atoms with van der Waals surface area (Å²) in [5, 5.41) is 8.50. The van der Waals surface area contributed by atoms with Crippen molar-refractivity contribution in [3.8, 4) is 0 Å². The summed E-state index contributed by atoms with van der Waals surface area (Å²) in [7, 11) is 3.59. The van der Waals surface area contributed by atoms with Crippen LogP contribution in [0.15, 0.2) is 72.3 Å². The van der Waals surface area contributed by atoms with E-state index in [4.69, 9.17) is 0 Å². The molecule has 2 N–H and O–H groups in total. The normalized spacial score (nSPS) is 43.2.